The number of fused-ring (bicyclic) bond motifs is 1. The third-order valence-electron chi connectivity index (χ3n) is 5.62. The molecule has 0 aliphatic heterocycles. The number of nitrogens with one attached hydrogen (secondary N) is 3. The summed E-state index contributed by atoms with van der Waals surface area (Å²) in [5.74, 6) is -0.783. The largest absolute Gasteiger partial charge is 0.340 e. The fourth-order valence-corrected chi connectivity index (χ4v) is 4.01. The van der Waals surface area contributed by atoms with Gasteiger partial charge in [-0.3, -0.25) is 14.7 Å². The number of hydrogen-bond donors (Lipinski definition) is 3. The van der Waals surface area contributed by atoms with Gasteiger partial charge in [0.1, 0.15) is 12.4 Å². The van der Waals surface area contributed by atoms with Crippen LogP contribution in [0.2, 0.25) is 5.02 Å². The van der Waals surface area contributed by atoms with Crippen molar-refractivity contribution < 1.29 is 9.59 Å². The van der Waals surface area contributed by atoms with Crippen molar-refractivity contribution in [2.24, 2.45) is 0 Å². The summed E-state index contributed by atoms with van der Waals surface area (Å²) in [6, 6.07) is 19.2. The number of nitrogens with zero attached hydrogens (tertiary/aromatic N) is 5. The van der Waals surface area contributed by atoms with Crippen molar-refractivity contribution in [1.82, 2.24) is 35.7 Å². The van der Waals surface area contributed by atoms with Crippen LogP contribution in [0.15, 0.2) is 85.3 Å². The monoisotopic (exact) mass is 512 g/mol. The second kappa shape index (κ2) is 10.8. The van der Waals surface area contributed by atoms with Gasteiger partial charge in [-0.05, 0) is 58.5 Å². The van der Waals surface area contributed by atoms with Gasteiger partial charge in [0.2, 0.25) is 11.8 Å². The highest BCUT2D eigenvalue weighted by Gasteiger charge is 2.21. The molecule has 184 valence electrons. The fraction of sp³-hybridized carbons (Fsp3) is 0.0769. The highest BCUT2D eigenvalue weighted by atomic mass is 35.5. The number of tetrazole rings is 1. The maximum Gasteiger partial charge on any atom is 0.247 e. The quantitative estimate of drug-likeness (QED) is 0.272. The maximum atomic E-state index is 13.2. The third kappa shape index (κ3) is 5.88. The van der Waals surface area contributed by atoms with Crippen LogP contribution in [-0.4, -0.2) is 48.3 Å². The Morgan fingerprint density at radius 2 is 1.95 bits per heavy atom. The van der Waals surface area contributed by atoms with E-state index in [9.17, 15) is 9.59 Å². The lowest BCUT2D eigenvalue weighted by atomic mass is 10.0. The predicted molar refractivity (Wildman–Crippen MR) is 140 cm³/mol. The Morgan fingerprint density at radius 3 is 2.76 bits per heavy atom. The van der Waals surface area contributed by atoms with Crippen LogP contribution in [0.25, 0.3) is 22.7 Å². The Balaban J connectivity index is 1.35. The fourth-order valence-electron chi connectivity index (χ4n) is 3.83. The summed E-state index contributed by atoms with van der Waals surface area (Å²) in [5.41, 5.74) is 3.65. The molecule has 0 bridgehead atoms. The second-order valence-electron chi connectivity index (χ2n) is 8.20. The number of carbonyl (C=O) groups excluding carboxylic acids is 2. The zero-order valence-electron chi connectivity index (χ0n) is 19.4. The summed E-state index contributed by atoms with van der Waals surface area (Å²) in [4.78, 5) is 26.2. The lowest BCUT2D eigenvalue weighted by Gasteiger charge is -2.18. The van der Waals surface area contributed by atoms with E-state index >= 15 is 0 Å². The number of carbonyl (C=O) groups is 2. The number of halogens is 1. The van der Waals surface area contributed by atoms with Crippen LogP contribution in [0.1, 0.15) is 11.1 Å². The summed E-state index contributed by atoms with van der Waals surface area (Å²) in [6.07, 6.45) is 6.39. The minimum Gasteiger partial charge on any atom is -0.340 e. The molecule has 0 unspecified atom stereocenters. The zero-order valence-corrected chi connectivity index (χ0v) is 20.1. The van der Waals surface area contributed by atoms with Gasteiger partial charge in [-0.2, -0.15) is 9.78 Å². The van der Waals surface area contributed by atoms with Crippen LogP contribution in [0.3, 0.4) is 0 Å². The molecule has 3 aromatic carbocycles. The molecule has 0 aliphatic rings. The first-order valence-electron chi connectivity index (χ1n) is 11.3. The van der Waals surface area contributed by atoms with Crippen molar-refractivity contribution in [2.45, 2.75) is 12.5 Å². The number of aromatic amines is 1. The number of aromatic nitrogens is 6. The van der Waals surface area contributed by atoms with Crippen molar-refractivity contribution in [2.75, 3.05) is 5.32 Å². The molecule has 2 amide bonds. The lowest BCUT2D eigenvalue weighted by molar-refractivity contribution is -0.123. The molecule has 1 atom stereocenters. The molecule has 11 heteroatoms. The molecule has 0 aliphatic carbocycles. The van der Waals surface area contributed by atoms with Gasteiger partial charge in [0.05, 0.1) is 17.4 Å². The minimum atomic E-state index is -0.821. The van der Waals surface area contributed by atoms with E-state index in [4.69, 9.17) is 11.6 Å². The van der Waals surface area contributed by atoms with E-state index in [1.165, 1.54) is 17.1 Å². The normalized spacial score (nSPS) is 12.0. The molecule has 0 radical (unpaired) electrons. The summed E-state index contributed by atoms with van der Waals surface area (Å²) >= 11 is 6.16. The van der Waals surface area contributed by atoms with E-state index in [1.54, 1.807) is 36.5 Å². The van der Waals surface area contributed by atoms with Gasteiger partial charge < -0.3 is 10.6 Å². The molecule has 2 aromatic heterocycles. The Kier molecular flexibility index (Phi) is 7.00. The number of anilines is 1. The van der Waals surface area contributed by atoms with E-state index < -0.39 is 11.9 Å². The SMILES string of the molecule is O=C(/C=C/c1cc(Cl)ccc1-n1cnnn1)N[C@@H](Cc1ccccc1)C(=O)Nc1ccc2[nH]ncc2c1. The molecule has 3 N–H and O–H groups in total. The standard InChI is InChI=1S/C26H21ClN8O2/c27-20-7-10-24(35-16-29-33-34-35)18(13-20)6-11-25(36)31-23(12-17-4-2-1-3-5-17)26(37)30-21-8-9-22-19(14-21)15-28-32-22/h1-11,13-16,23H,12H2,(H,28,32)(H,30,37)(H,31,36)/b11-6+/t23-/m0/s1. The molecule has 5 rings (SSSR count). The van der Waals surface area contributed by atoms with Gasteiger partial charge >= 0.3 is 0 Å². The van der Waals surface area contributed by atoms with Crippen LogP contribution in [-0.2, 0) is 16.0 Å². The molecule has 5 aromatic rings. The molecule has 0 saturated carbocycles. The van der Waals surface area contributed by atoms with Gasteiger partial charge in [-0.1, -0.05) is 41.9 Å². The van der Waals surface area contributed by atoms with Crippen LogP contribution >= 0.6 is 11.6 Å². The smallest absolute Gasteiger partial charge is 0.247 e. The Hall–Kier alpha value is -4.83. The van der Waals surface area contributed by atoms with Gasteiger partial charge in [-0.25, -0.2) is 0 Å². The predicted octanol–water partition coefficient (Wildman–Crippen LogP) is 3.57. The first kappa shape index (κ1) is 23.9. The van der Waals surface area contributed by atoms with E-state index in [1.807, 2.05) is 42.5 Å². The van der Waals surface area contributed by atoms with Gasteiger partial charge in [0.25, 0.3) is 0 Å². The van der Waals surface area contributed by atoms with Crippen LogP contribution in [0, 0.1) is 0 Å². The Morgan fingerprint density at radius 1 is 1.08 bits per heavy atom. The van der Waals surface area contributed by atoms with Gasteiger partial charge in [-0.15, -0.1) is 5.10 Å². The van der Waals surface area contributed by atoms with E-state index in [0.717, 1.165) is 16.5 Å². The molecule has 0 spiro atoms. The number of hydrogen-bond acceptors (Lipinski definition) is 6. The van der Waals surface area contributed by atoms with Crippen LogP contribution in [0.4, 0.5) is 5.69 Å². The zero-order chi connectivity index (χ0) is 25.6. The van der Waals surface area contributed by atoms with Crippen molar-refractivity contribution in [3.63, 3.8) is 0 Å². The highest BCUT2D eigenvalue weighted by Crippen LogP contribution is 2.20. The van der Waals surface area contributed by atoms with E-state index in [0.29, 0.717) is 28.4 Å². The van der Waals surface area contributed by atoms with Crippen molar-refractivity contribution in [1.29, 1.82) is 0 Å². The van der Waals surface area contributed by atoms with Crippen molar-refractivity contribution in [3.05, 3.63) is 101 Å². The van der Waals surface area contributed by atoms with Crippen molar-refractivity contribution >= 4 is 46.1 Å². The Labute approximate surface area is 216 Å². The van der Waals surface area contributed by atoms with Crippen LogP contribution < -0.4 is 10.6 Å². The molecular weight excluding hydrogens is 492 g/mol. The third-order valence-corrected chi connectivity index (χ3v) is 5.86. The number of benzene rings is 3. The number of amides is 2. The topological polar surface area (TPSA) is 130 Å². The first-order chi connectivity index (χ1) is 18.0. The summed E-state index contributed by atoms with van der Waals surface area (Å²) < 4.78 is 1.47. The minimum absolute atomic E-state index is 0.313. The number of rotatable bonds is 8. The van der Waals surface area contributed by atoms with E-state index in [2.05, 4.69) is 36.4 Å². The summed E-state index contributed by atoms with van der Waals surface area (Å²) in [5, 5.41) is 25.2. The average molecular weight is 513 g/mol. The maximum absolute atomic E-state index is 13.2. The van der Waals surface area contributed by atoms with Gasteiger partial charge in [0, 0.05) is 34.2 Å². The second-order valence-corrected chi connectivity index (χ2v) is 8.64. The molecule has 0 saturated heterocycles. The first-order valence-corrected chi connectivity index (χ1v) is 11.7. The molecule has 2 heterocycles. The Bertz CT molecular complexity index is 1560. The highest BCUT2D eigenvalue weighted by molar-refractivity contribution is 6.30. The number of H-pyrrole nitrogens is 1. The molecule has 10 nitrogen and oxygen atoms in total. The van der Waals surface area contributed by atoms with E-state index in [-0.39, 0.29) is 5.91 Å². The van der Waals surface area contributed by atoms with Crippen molar-refractivity contribution in [3.8, 4) is 5.69 Å². The summed E-state index contributed by atoms with van der Waals surface area (Å²) in [7, 11) is 0. The molecule has 0 fully saturated rings. The average Bonchev–Trinajstić information content (AvgIpc) is 3.60. The van der Waals surface area contributed by atoms with Gasteiger partial charge in [0.15, 0.2) is 0 Å². The molecular formula is C26H21ClN8O2. The molecule has 37 heavy (non-hydrogen) atoms. The lowest BCUT2D eigenvalue weighted by Crippen LogP contribution is -2.44. The van der Waals surface area contributed by atoms with Crippen LogP contribution in [0.5, 0.6) is 0 Å². The summed E-state index contributed by atoms with van der Waals surface area (Å²) in [6.45, 7) is 0.